The minimum atomic E-state index is -1.51. The van der Waals surface area contributed by atoms with Crippen LogP contribution in [0.25, 0.3) is 17.3 Å². The van der Waals surface area contributed by atoms with Gasteiger partial charge in [0, 0.05) is 16.3 Å². The zero-order valence-electron chi connectivity index (χ0n) is 16.1. The molecule has 0 atom stereocenters. The van der Waals surface area contributed by atoms with Crippen LogP contribution < -0.4 is 10.4 Å². The highest BCUT2D eigenvalue weighted by Gasteiger charge is 2.20. The number of halogens is 2. The lowest BCUT2D eigenvalue weighted by Gasteiger charge is -2.14. The van der Waals surface area contributed by atoms with E-state index >= 15 is 0 Å². The molecule has 0 radical (unpaired) electrons. The van der Waals surface area contributed by atoms with Gasteiger partial charge in [0.15, 0.2) is 10.9 Å². The lowest BCUT2D eigenvalue weighted by molar-refractivity contribution is -0.254. The molecule has 2 aromatic carbocycles. The topological polar surface area (TPSA) is 113 Å². The van der Waals surface area contributed by atoms with Gasteiger partial charge in [0.1, 0.15) is 0 Å². The molecular formula is C21H13Cl2N4O4S-. The second-order valence-corrected chi connectivity index (χ2v) is 8.18. The maximum Gasteiger partial charge on any atom is 0.234 e. The number of aromatic carboxylic acids is 1. The monoisotopic (exact) mass is 487 g/mol. The summed E-state index contributed by atoms with van der Waals surface area (Å²) in [5, 5.41) is 22.8. The molecule has 8 nitrogen and oxygen atoms in total. The Hall–Kier alpha value is -3.27. The third-order valence-corrected chi connectivity index (χ3v) is 5.71. The smallest absolute Gasteiger partial charge is 0.234 e. The van der Waals surface area contributed by atoms with Gasteiger partial charge in [-0.05, 0) is 36.4 Å². The summed E-state index contributed by atoms with van der Waals surface area (Å²) < 4.78 is 7.22. The quantitative estimate of drug-likeness (QED) is 0.392. The van der Waals surface area contributed by atoms with E-state index < -0.39 is 11.9 Å². The highest BCUT2D eigenvalue weighted by Crippen LogP contribution is 2.31. The van der Waals surface area contributed by atoms with Crippen LogP contribution in [0.1, 0.15) is 10.4 Å². The van der Waals surface area contributed by atoms with E-state index in [4.69, 9.17) is 27.6 Å². The summed E-state index contributed by atoms with van der Waals surface area (Å²) in [6, 6.07) is 15.4. The number of carbonyl (C=O) groups excluding carboxylic acids is 2. The van der Waals surface area contributed by atoms with Crippen molar-refractivity contribution in [3.63, 3.8) is 0 Å². The number of carbonyl (C=O) groups is 2. The predicted octanol–water partition coefficient (Wildman–Crippen LogP) is 3.93. The van der Waals surface area contributed by atoms with Crippen molar-refractivity contribution in [2.75, 3.05) is 11.1 Å². The molecule has 2 heterocycles. The number of aromatic nitrogens is 3. The molecule has 0 unspecified atom stereocenters. The Bertz CT molecular complexity index is 1280. The number of nitrogens with one attached hydrogen (secondary N) is 1. The van der Waals surface area contributed by atoms with Crippen molar-refractivity contribution in [2.24, 2.45) is 0 Å². The fourth-order valence-corrected chi connectivity index (χ4v) is 4.20. The zero-order valence-corrected chi connectivity index (χ0v) is 18.4. The van der Waals surface area contributed by atoms with E-state index in [1.54, 1.807) is 16.7 Å². The number of hydrogen-bond donors (Lipinski definition) is 1. The maximum atomic E-state index is 12.6. The molecule has 0 aliphatic heterocycles. The summed E-state index contributed by atoms with van der Waals surface area (Å²) >= 11 is 13.0. The van der Waals surface area contributed by atoms with E-state index in [9.17, 15) is 14.7 Å². The number of nitrogens with zero attached hydrogens (tertiary/aromatic N) is 3. The largest absolute Gasteiger partial charge is 0.545 e. The molecule has 0 saturated heterocycles. The third-order valence-electron chi connectivity index (χ3n) is 4.26. The lowest BCUT2D eigenvalue weighted by Crippen LogP contribution is -2.25. The number of furan rings is 1. The summed E-state index contributed by atoms with van der Waals surface area (Å²) in [7, 11) is 0. The number of amides is 1. The van der Waals surface area contributed by atoms with Crippen LogP contribution in [0, 0.1) is 0 Å². The van der Waals surface area contributed by atoms with Crippen LogP contribution in [0.3, 0.4) is 0 Å². The second kappa shape index (κ2) is 9.47. The molecule has 162 valence electrons. The van der Waals surface area contributed by atoms with Crippen LogP contribution in [-0.4, -0.2) is 32.4 Å². The summed E-state index contributed by atoms with van der Waals surface area (Å²) in [6.45, 7) is 0. The van der Waals surface area contributed by atoms with Gasteiger partial charge in [0.05, 0.1) is 28.7 Å². The number of benzene rings is 2. The Balaban J connectivity index is 1.58. The average Bonchev–Trinajstić information content (AvgIpc) is 3.44. The number of carboxylic acid groups (broad SMARTS) is 1. The van der Waals surface area contributed by atoms with Crippen LogP contribution in [0.2, 0.25) is 10.0 Å². The van der Waals surface area contributed by atoms with E-state index in [1.807, 2.05) is 30.3 Å². The fourth-order valence-electron chi connectivity index (χ4n) is 2.91. The van der Waals surface area contributed by atoms with Crippen molar-refractivity contribution in [2.45, 2.75) is 5.16 Å². The molecule has 4 rings (SSSR count). The first-order chi connectivity index (χ1) is 15.4. The van der Waals surface area contributed by atoms with Crippen LogP contribution in [0.5, 0.6) is 0 Å². The van der Waals surface area contributed by atoms with Gasteiger partial charge >= 0.3 is 0 Å². The Morgan fingerprint density at radius 1 is 1.09 bits per heavy atom. The molecule has 32 heavy (non-hydrogen) atoms. The van der Waals surface area contributed by atoms with E-state index in [0.717, 1.165) is 23.5 Å². The molecule has 1 amide bonds. The molecule has 1 N–H and O–H groups in total. The number of hydrogen-bond acceptors (Lipinski definition) is 7. The molecule has 4 aromatic rings. The average molecular weight is 488 g/mol. The normalized spacial score (nSPS) is 10.8. The Morgan fingerprint density at radius 2 is 1.88 bits per heavy atom. The summed E-state index contributed by atoms with van der Waals surface area (Å²) in [6.07, 6.45) is 1.53. The first-order valence-corrected chi connectivity index (χ1v) is 10.9. The van der Waals surface area contributed by atoms with Gasteiger partial charge in [0.25, 0.3) is 0 Å². The van der Waals surface area contributed by atoms with Gasteiger partial charge in [0.2, 0.25) is 11.7 Å². The van der Waals surface area contributed by atoms with Gasteiger partial charge in [-0.15, -0.1) is 10.2 Å². The Labute approximate surface area is 196 Å². The number of anilines is 1. The van der Waals surface area contributed by atoms with Gasteiger partial charge in [-0.2, -0.15) is 0 Å². The fraction of sp³-hybridized carbons (Fsp3) is 0.0476. The molecule has 11 heteroatoms. The zero-order chi connectivity index (χ0) is 22.7. The van der Waals surface area contributed by atoms with E-state index in [1.165, 1.54) is 12.3 Å². The number of rotatable bonds is 7. The molecule has 0 aliphatic carbocycles. The van der Waals surface area contributed by atoms with Crippen molar-refractivity contribution in [1.29, 1.82) is 0 Å². The minimum absolute atomic E-state index is 0.0115. The standard InChI is InChI=1S/C21H14Cl2N4O4S/c22-12-9-14(20(29)30)18(15(23)10-12)24-17(28)11-32-21-26-25-19(16-7-4-8-31-16)27(21)13-5-2-1-3-6-13/h1-10H,11H2,(H,24,28)(H,29,30)/p-1. The predicted molar refractivity (Wildman–Crippen MR) is 119 cm³/mol. The highest BCUT2D eigenvalue weighted by molar-refractivity contribution is 7.99. The molecule has 0 saturated carbocycles. The SMILES string of the molecule is O=C(CSc1nnc(-c2ccco2)n1-c1ccccc1)Nc1c(Cl)cc(Cl)cc1C(=O)[O-]. The van der Waals surface area contributed by atoms with E-state index in [2.05, 4.69) is 15.5 Å². The van der Waals surface area contributed by atoms with Crippen molar-refractivity contribution in [3.05, 3.63) is 76.5 Å². The van der Waals surface area contributed by atoms with Crippen molar-refractivity contribution >= 4 is 52.5 Å². The van der Waals surface area contributed by atoms with Gasteiger partial charge in [-0.3, -0.25) is 9.36 Å². The summed E-state index contributed by atoms with van der Waals surface area (Å²) in [5.74, 6) is -1.10. The van der Waals surface area contributed by atoms with Crippen LogP contribution in [-0.2, 0) is 4.79 Å². The first-order valence-electron chi connectivity index (χ1n) is 9.12. The van der Waals surface area contributed by atoms with Crippen LogP contribution >= 0.6 is 35.0 Å². The number of carboxylic acids is 1. The maximum absolute atomic E-state index is 12.6. The highest BCUT2D eigenvalue weighted by atomic mass is 35.5. The summed E-state index contributed by atoms with van der Waals surface area (Å²) in [4.78, 5) is 24.0. The molecule has 0 fully saturated rings. The first kappa shape index (κ1) is 21.9. The Kier molecular flexibility index (Phi) is 6.50. The summed E-state index contributed by atoms with van der Waals surface area (Å²) in [5.41, 5.74) is 0.391. The Morgan fingerprint density at radius 3 is 2.56 bits per heavy atom. The van der Waals surface area contributed by atoms with E-state index in [-0.39, 0.29) is 27.0 Å². The van der Waals surface area contributed by atoms with Crippen molar-refractivity contribution < 1.29 is 19.1 Å². The second-order valence-electron chi connectivity index (χ2n) is 6.39. The van der Waals surface area contributed by atoms with Gasteiger partial charge < -0.3 is 19.6 Å². The van der Waals surface area contributed by atoms with Crippen molar-refractivity contribution in [1.82, 2.24) is 14.8 Å². The van der Waals surface area contributed by atoms with Gasteiger partial charge in [-0.25, -0.2) is 0 Å². The molecule has 2 aromatic heterocycles. The van der Waals surface area contributed by atoms with Gasteiger partial charge in [-0.1, -0.05) is 53.2 Å². The van der Waals surface area contributed by atoms with E-state index in [0.29, 0.717) is 16.7 Å². The number of thioether (sulfide) groups is 1. The molecule has 0 aliphatic rings. The minimum Gasteiger partial charge on any atom is -0.545 e. The van der Waals surface area contributed by atoms with Crippen molar-refractivity contribution in [3.8, 4) is 17.3 Å². The molecular weight excluding hydrogens is 475 g/mol. The van der Waals surface area contributed by atoms with Crippen LogP contribution in [0.15, 0.2) is 70.4 Å². The number of para-hydroxylation sites is 1. The third kappa shape index (κ3) is 4.64. The van der Waals surface area contributed by atoms with Crippen LogP contribution in [0.4, 0.5) is 5.69 Å². The lowest BCUT2D eigenvalue weighted by atomic mass is 10.1. The molecule has 0 spiro atoms. The molecule has 0 bridgehead atoms.